The molecule has 3 rings (SSSR count). The Bertz CT molecular complexity index is 352. The van der Waals surface area contributed by atoms with Crippen molar-refractivity contribution >= 4 is 0 Å². The molecule has 3 fully saturated rings. The maximum atomic E-state index is 10.2. The van der Waals surface area contributed by atoms with Gasteiger partial charge >= 0.3 is 0 Å². The highest BCUT2D eigenvalue weighted by Crippen LogP contribution is 2.59. The van der Waals surface area contributed by atoms with Gasteiger partial charge in [-0.15, -0.1) is 6.58 Å². The molecule has 1 N–H and O–H groups in total. The van der Waals surface area contributed by atoms with Gasteiger partial charge in [0.25, 0.3) is 0 Å². The van der Waals surface area contributed by atoms with Crippen molar-refractivity contribution in [2.45, 2.75) is 55.7 Å². The van der Waals surface area contributed by atoms with Gasteiger partial charge in [0.05, 0.1) is 36.4 Å². The number of epoxide rings is 2. The largest absolute Gasteiger partial charge is 0.390 e. The van der Waals surface area contributed by atoms with Crippen LogP contribution in [0.2, 0.25) is 0 Å². The van der Waals surface area contributed by atoms with Gasteiger partial charge < -0.3 is 19.3 Å². The van der Waals surface area contributed by atoms with Gasteiger partial charge in [0.1, 0.15) is 5.60 Å². The summed E-state index contributed by atoms with van der Waals surface area (Å²) < 4.78 is 17.2. The molecule has 4 heteroatoms. The third kappa shape index (κ3) is 1.67. The number of rotatable bonds is 4. The zero-order chi connectivity index (χ0) is 13.0. The minimum Gasteiger partial charge on any atom is -0.390 e. The second-order valence-corrected chi connectivity index (χ2v) is 5.95. The summed E-state index contributed by atoms with van der Waals surface area (Å²) in [7, 11) is 1.66. The fourth-order valence-electron chi connectivity index (χ4n) is 3.77. The SMILES string of the molecule is C=CC[C@H]1O[C@]1(C)[C@H]1[C@H](OC)[C@H](O)CC[C@]12CO2. The molecule has 0 amide bonds. The lowest BCUT2D eigenvalue weighted by Gasteiger charge is -2.41. The Morgan fingerprint density at radius 3 is 2.83 bits per heavy atom. The smallest absolute Gasteiger partial charge is 0.101 e. The van der Waals surface area contributed by atoms with Crippen LogP contribution >= 0.6 is 0 Å². The summed E-state index contributed by atoms with van der Waals surface area (Å²) in [6, 6.07) is 0. The first-order chi connectivity index (χ1) is 8.57. The number of methoxy groups -OCH3 is 1. The molecular formula is C14H22O4. The summed E-state index contributed by atoms with van der Waals surface area (Å²) in [5.74, 6) is 0.115. The molecule has 18 heavy (non-hydrogen) atoms. The van der Waals surface area contributed by atoms with Gasteiger partial charge in [0.15, 0.2) is 0 Å². The van der Waals surface area contributed by atoms with Crippen molar-refractivity contribution in [3.05, 3.63) is 12.7 Å². The van der Waals surface area contributed by atoms with Crippen LogP contribution in [-0.4, -0.2) is 48.3 Å². The molecule has 3 aliphatic rings. The standard InChI is InChI=1S/C14H22O4/c1-4-5-10-13(2,18-10)12-11(16-3)9(15)6-7-14(12)8-17-14/h4,9-12,15H,1,5-8H2,2-3H3/t9-,10-,11-,12-,13+,14+/m1/s1. The maximum Gasteiger partial charge on any atom is 0.101 e. The Morgan fingerprint density at radius 2 is 2.28 bits per heavy atom. The van der Waals surface area contributed by atoms with E-state index in [9.17, 15) is 5.11 Å². The van der Waals surface area contributed by atoms with Crippen molar-refractivity contribution in [2.24, 2.45) is 5.92 Å². The second-order valence-electron chi connectivity index (χ2n) is 5.95. The average Bonchev–Trinajstić information content (AvgIpc) is 3.23. The van der Waals surface area contributed by atoms with E-state index in [4.69, 9.17) is 14.2 Å². The van der Waals surface area contributed by atoms with Gasteiger partial charge in [0.2, 0.25) is 0 Å². The van der Waals surface area contributed by atoms with E-state index >= 15 is 0 Å². The van der Waals surface area contributed by atoms with Crippen molar-refractivity contribution in [2.75, 3.05) is 13.7 Å². The molecule has 2 heterocycles. The fraction of sp³-hybridized carbons (Fsp3) is 0.857. The average molecular weight is 254 g/mol. The summed E-state index contributed by atoms with van der Waals surface area (Å²) in [5.41, 5.74) is -0.364. The maximum absolute atomic E-state index is 10.2. The Labute approximate surface area is 108 Å². The molecule has 0 aromatic heterocycles. The predicted octanol–water partition coefficient (Wildman–Crippen LogP) is 1.27. The van der Waals surface area contributed by atoms with Crippen LogP contribution in [0.1, 0.15) is 26.2 Å². The number of hydrogen-bond donors (Lipinski definition) is 1. The van der Waals surface area contributed by atoms with Crippen LogP contribution in [0.15, 0.2) is 12.7 Å². The molecule has 0 bridgehead atoms. The van der Waals surface area contributed by atoms with Crippen LogP contribution in [-0.2, 0) is 14.2 Å². The van der Waals surface area contributed by atoms with Crippen molar-refractivity contribution in [1.82, 2.24) is 0 Å². The number of hydrogen-bond acceptors (Lipinski definition) is 4. The molecule has 0 aromatic carbocycles. The molecule has 0 unspecified atom stereocenters. The monoisotopic (exact) mass is 254 g/mol. The number of aliphatic hydroxyl groups is 1. The second kappa shape index (κ2) is 4.04. The molecule has 1 spiro atoms. The van der Waals surface area contributed by atoms with Gasteiger partial charge in [-0.25, -0.2) is 0 Å². The van der Waals surface area contributed by atoms with Crippen LogP contribution < -0.4 is 0 Å². The minimum atomic E-state index is -0.416. The highest BCUT2D eigenvalue weighted by Gasteiger charge is 2.71. The Balaban J connectivity index is 1.84. The first-order valence-corrected chi connectivity index (χ1v) is 6.71. The lowest BCUT2D eigenvalue weighted by molar-refractivity contribution is -0.116. The van der Waals surface area contributed by atoms with Crippen molar-refractivity contribution in [3.63, 3.8) is 0 Å². The third-order valence-electron chi connectivity index (χ3n) is 4.90. The van der Waals surface area contributed by atoms with E-state index in [0.717, 1.165) is 25.9 Å². The quantitative estimate of drug-likeness (QED) is 0.606. The Kier molecular flexibility index (Phi) is 2.83. The van der Waals surface area contributed by atoms with Gasteiger partial charge in [-0.1, -0.05) is 6.08 Å². The van der Waals surface area contributed by atoms with E-state index in [-0.39, 0.29) is 29.3 Å². The number of aliphatic hydroxyl groups excluding tert-OH is 1. The normalized spacial score (nSPS) is 54.4. The van der Waals surface area contributed by atoms with Crippen molar-refractivity contribution < 1.29 is 19.3 Å². The Hall–Kier alpha value is -0.420. The highest BCUT2D eigenvalue weighted by molar-refractivity contribution is 5.20. The summed E-state index contributed by atoms with van der Waals surface area (Å²) in [5, 5.41) is 10.2. The van der Waals surface area contributed by atoms with Crippen LogP contribution in [0.25, 0.3) is 0 Å². The first-order valence-electron chi connectivity index (χ1n) is 6.71. The van der Waals surface area contributed by atoms with Crippen molar-refractivity contribution in [1.29, 1.82) is 0 Å². The van der Waals surface area contributed by atoms with E-state index < -0.39 is 6.10 Å². The molecule has 102 valence electrons. The molecule has 0 radical (unpaired) electrons. The van der Waals surface area contributed by atoms with E-state index in [0.29, 0.717) is 0 Å². The van der Waals surface area contributed by atoms with Crippen LogP contribution in [0.3, 0.4) is 0 Å². The minimum absolute atomic E-state index is 0.115. The molecule has 4 nitrogen and oxygen atoms in total. The van der Waals surface area contributed by atoms with E-state index in [2.05, 4.69) is 13.5 Å². The molecule has 0 aromatic rings. The van der Waals surface area contributed by atoms with Crippen molar-refractivity contribution in [3.8, 4) is 0 Å². The van der Waals surface area contributed by atoms with E-state index in [1.807, 2.05) is 6.08 Å². The molecule has 1 saturated carbocycles. The number of ether oxygens (including phenoxy) is 3. The molecule has 2 saturated heterocycles. The molecule has 6 atom stereocenters. The van der Waals surface area contributed by atoms with Gasteiger partial charge in [-0.3, -0.25) is 0 Å². The third-order valence-corrected chi connectivity index (χ3v) is 4.90. The topological polar surface area (TPSA) is 54.5 Å². The first kappa shape index (κ1) is 12.6. The van der Waals surface area contributed by atoms with Gasteiger partial charge in [-0.05, 0) is 26.2 Å². The summed E-state index contributed by atoms with van der Waals surface area (Å²) >= 11 is 0. The highest BCUT2D eigenvalue weighted by atomic mass is 16.6. The molecule has 2 aliphatic heterocycles. The van der Waals surface area contributed by atoms with E-state index in [1.165, 1.54) is 0 Å². The summed E-state index contributed by atoms with van der Waals surface area (Å²) in [4.78, 5) is 0. The van der Waals surface area contributed by atoms with Crippen LogP contribution in [0.5, 0.6) is 0 Å². The Morgan fingerprint density at radius 1 is 1.56 bits per heavy atom. The van der Waals surface area contributed by atoms with E-state index in [1.54, 1.807) is 7.11 Å². The summed E-state index contributed by atoms with van der Waals surface area (Å²) in [6.07, 6.45) is 3.95. The van der Waals surface area contributed by atoms with Crippen LogP contribution in [0.4, 0.5) is 0 Å². The van der Waals surface area contributed by atoms with Crippen LogP contribution in [0, 0.1) is 5.92 Å². The lowest BCUT2D eigenvalue weighted by atomic mass is 9.68. The summed E-state index contributed by atoms with van der Waals surface area (Å²) in [6.45, 7) is 6.64. The zero-order valence-electron chi connectivity index (χ0n) is 11.1. The lowest BCUT2D eigenvalue weighted by Crippen LogP contribution is -2.54. The van der Waals surface area contributed by atoms with Gasteiger partial charge in [0, 0.05) is 7.11 Å². The van der Waals surface area contributed by atoms with Gasteiger partial charge in [-0.2, -0.15) is 0 Å². The molecular weight excluding hydrogens is 232 g/mol. The predicted molar refractivity (Wildman–Crippen MR) is 66.3 cm³/mol. The molecule has 1 aliphatic carbocycles. The fourth-order valence-corrected chi connectivity index (χ4v) is 3.77. The zero-order valence-corrected chi connectivity index (χ0v) is 11.1.